The molecule has 0 rings (SSSR count). The van der Waals surface area contributed by atoms with E-state index in [4.69, 9.17) is 18.8 Å². The highest BCUT2D eigenvalue weighted by Gasteiger charge is 2.44. The summed E-state index contributed by atoms with van der Waals surface area (Å²) in [4.78, 5) is 33.6. The van der Waals surface area contributed by atoms with E-state index in [9.17, 15) is 27.9 Å². The number of aliphatic carboxylic acids is 1. The third-order valence-corrected chi connectivity index (χ3v) is 5.36. The van der Waals surface area contributed by atoms with E-state index in [1.54, 1.807) is 0 Å². The fraction of sp³-hybridized carbons (Fsp3) is 0.824. The molecule has 11 nitrogen and oxygen atoms in total. The number of aliphatic hydroxyl groups excluding tert-OH is 1. The van der Waals surface area contributed by atoms with Crippen LogP contribution in [0, 0.1) is 5.41 Å². The van der Waals surface area contributed by atoms with Crippen molar-refractivity contribution in [3.05, 3.63) is 0 Å². The van der Waals surface area contributed by atoms with Crippen molar-refractivity contribution in [2.75, 3.05) is 25.5 Å². The van der Waals surface area contributed by atoms with E-state index in [1.807, 2.05) is 6.92 Å². The van der Waals surface area contributed by atoms with Crippen LogP contribution in [-0.2, 0) is 33.4 Å². The van der Waals surface area contributed by atoms with Crippen LogP contribution in [0.25, 0.3) is 0 Å². The van der Waals surface area contributed by atoms with Gasteiger partial charge in [-0.05, 0) is 12.8 Å². The first kappa shape index (κ1) is 27.1. The summed E-state index contributed by atoms with van der Waals surface area (Å²) in [5.41, 5.74) is -1.62. The molecule has 0 aliphatic carbocycles. The number of unbranched alkanes of at least 4 members (excludes halogenated alkanes) is 1. The molecule has 0 spiro atoms. The molecule has 0 saturated heterocycles. The lowest BCUT2D eigenvalue weighted by atomic mass is 9.81. The Morgan fingerprint density at radius 2 is 1.76 bits per heavy atom. The molecule has 3 N–H and O–H groups in total. The maximum atomic E-state index is 12.2. The number of nitrogens with one attached hydrogen (secondary N) is 1. The average molecular weight is 441 g/mol. The zero-order valence-electron chi connectivity index (χ0n) is 17.2. The quantitative estimate of drug-likeness (QED) is 0.198. The first-order valence-electron chi connectivity index (χ1n) is 9.19. The number of carboxylic acid groups (broad SMARTS) is 1. The van der Waals surface area contributed by atoms with Gasteiger partial charge in [0.05, 0.1) is 12.4 Å². The fourth-order valence-corrected chi connectivity index (χ4v) is 3.34. The lowest BCUT2D eigenvalue weighted by molar-refractivity contribution is -0.159. The van der Waals surface area contributed by atoms with Crippen LogP contribution in [0.4, 0.5) is 4.79 Å². The smallest absolute Gasteiger partial charge is 0.479 e. The maximum Gasteiger partial charge on any atom is 0.508 e. The normalized spacial score (nSPS) is 14.0. The standard InChI is InChI=1S/C17H31NO10S/c1-5-6-9-26-16(23)27-11-13(17(3,4)14(20)15(21)22)28-29(24,25)10-7-8-18-12(2)19/h13-14,20H,5-11H2,1-4H3,(H,18,19)(H,21,22)/t13?,14-/m0/s1. The van der Waals surface area contributed by atoms with Gasteiger partial charge < -0.3 is 25.0 Å². The summed E-state index contributed by atoms with van der Waals surface area (Å²) in [6.07, 6.45) is -3.08. The molecule has 0 heterocycles. The number of rotatable bonds is 14. The van der Waals surface area contributed by atoms with E-state index in [2.05, 4.69) is 5.32 Å². The third-order valence-electron chi connectivity index (χ3n) is 4.05. The number of hydrogen-bond acceptors (Lipinski definition) is 9. The molecular weight excluding hydrogens is 410 g/mol. The topological polar surface area (TPSA) is 166 Å². The maximum absolute atomic E-state index is 12.2. The Morgan fingerprint density at radius 1 is 1.14 bits per heavy atom. The number of hydrogen-bond donors (Lipinski definition) is 3. The van der Waals surface area contributed by atoms with Crippen LogP contribution < -0.4 is 5.32 Å². The summed E-state index contributed by atoms with van der Waals surface area (Å²) in [5.74, 6) is -2.37. The molecule has 0 aromatic rings. The van der Waals surface area contributed by atoms with Crippen molar-refractivity contribution < 1.29 is 46.7 Å². The largest absolute Gasteiger partial charge is 0.508 e. The summed E-state index contributed by atoms with van der Waals surface area (Å²) in [6, 6.07) is 0. The van der Waals surface area contributed by atoms with Gasteiger partial charge in [0.25, 0.3) is 10.1 Å². The van der Waals surface area contributed by atoms with Gasteiger partial charge in [-0.1, -0.05) is 27.2 Å². The monoisotopic (exact) mass is 441 g/mol. The van der Waals surface area contributed by atoms with Crippen molar-refractivity contribution in [3.8, 4) is 0 Å². The highest BCUT2D eigenvalue weighted by Crippen LogP contribution is 2.30. The second-order valence-corrected chi connectivity index (χ2v) is 8.72. The molecule has 0 aliphatic heterocycles. The van der Waals surface area contributed by atoms with Gasteiger partial charge >= 0.3 is 12.1 Å². The van der Waals surface area contributed by atoms with Gasteiger partial charge in [-0.25, -0.2) is 9.59 Å². The molecule has 0 aromatic carbocycles. The van der Waals surface area contributed by atoms with E-state index < -0.39 is 52.2 Å². The van der Waals surface area contributed by atoms with Crippen LogP contribution in [-0.4, -0.2) is 74.4 Å². The van der Waals surface area contributed by atoms with E-state index >= 15 is 0 Å². The lowest BCUT2D eigenvalue weighted by Gasteiger charge is -2.34. The lowest BCUT2D eigenvalue weighted by Crippen LogP contribution is -2.49. The number of ether oxygens (including phenoxy) is 2. The van der Waals surface area contributed by atoms with Crippen LogP contribution in [0.3, 0.4) is 0 Å². The Labute approximate surface area is 170 Å². The van der Waals surface area contributed by atoms with Gasteiger partial charge in [-0.2, -0.15) is 8.42 Å². The van der Waals surface area contributed by atoms with Crippen LogP contribution in [0.1, 0.15) is 47.0 Å². The highest BCUT2D eigenvalue weighted by molar-refractivity contribution is 7.86. The molecule has 170 valence electrons. The van der Waals surface area contributed by atoms with Crippen LogP contribution in [0.5, 0.6) is 0 Å². The molecule has 0 aromatic heterocycles. The Morgan fingerprint density at radius 3 is 2.28 bits per heavy atom. The number of carbonyl (C=O) groups is 3. The van der Waals surface area contributed by atoms with Gasteiger partial charge in [0.15, 0.2) is 6.10 Å². The average Bonchev–Trinajstić information content (AvgIpc) is 2.61. The summed E-state index contributed by atoms with van der Waals surface area (Å²) in [7, 11) is -4.18. The Hall–Kier alpha value is -1.92. The second kappa shape index (κ2) is 12.6. The molecule has 12 heteroatoms. The zero-order chi connectivity index (χ0) is 22.7. The fourth-order valence-electron chi connectivity index (χ4n) is 2.08. The van der Waals surface area contributed by atoms with E-state index in [0.717, 1.165) is 6.42 Å². The molecule has 0 fully saturated rings. The summed E-state index contributed by atoms with van der Waals surface area (Å²) >= 11 is 0. The molecule has 0 radical (unpaired) electrons. The molecule has 1 amide bonds. The third kappa shape index (κ3) is 11.0. The predicted molar refractivity (Wildman–Crippen MR) is 102 cm³/mol. The van der Waals surface area contributed by atoms with Crippen molar-refractivity contribution in [2.45, 2.75) is 59.2 Å². The number of amides is 1. The molecule has 2 atom stereocenters. The zero-order valence-corrected chi connectivity index (χ0v) is 18.0. The van der Waals surface area contributed by atoms with Crippen molar-refractivity contribution in [1.29, 1.82) is 0 Å². The van der Waals surface area contributed by atoms with E-state index in [0.29, 0.717) is 6.42 Å². The Balaban J connectivity index is 5.14. The molecule has 0 saturated carbocycles. The van der Waals surface area contributed by atoms with Gasteiger partial charge in [0, 0.05) is 18.9 Å². The summed E-state index contributed by atoms with van der Waals surface area (Å²) in [5, 5.41) is 21.5. The minimum absolute atomic E-state index is 0.0520. The van der Waals surface area contributed by atoms with Gasteiger partial charge in [0.1, 0.15) is 12.7 Å². The summed E-state index contributed by atoms with van der Waals surface area (Å²) in [6.45, 7) is 5.30. The van der Waals surface area contributed by atoms with Crippen LogP contribution in [0.15, 0.2) is 0 Å². The molecule has 0 aliphatic rings. The van der Waals surface area contributed by atoms with Crippen LogP contribution >= 0.6 is 0 Å². The molecule has 29 heavy (non-hydrogen) atoms. The molecule has 0 bridgehead atoms. The first-order chi connectivity index (χ1) is 13.3. The van der Waals surface area contributed by atoms with E-state index in [1.165, 1.54) is 20.8 Å². The number of carboxylic acids is 1. The van der Waals surface area contributed by atoms with Crippen molar-refractivity contribution in [2.24, 2.45) is 5.41 Å². The van der Waals surface area contributed by atoms with Crippen molar-refractivity contribution in [3.63, 3.8) is 0 Å². The highest BCUT2D eigenvalue weighted by atomic mass is 32.2. The van der Waals surface area contributed by atoms with Gasteiger partial charge in [0.2, 0.25) is 5.91 Å². The first-order valence-corrected chi connectivity index (χ1v) is 10.8. The number of aliphatic hydroxyl groups is 1. The Kier molecular flexibility index (Phi) is 11.8. The minimum Gasteiger partial charge on any atom is -0.479 e. The minimum atomic E-state index is -4.18. The SMILES string of the molecule is CCCCOC(=O)OCC(OS(=O)(=O)CCCNC(C)=O)C(C)(C)[C@@H](O)C(=O)O. The predicted octanol–water partition coefficient (Wildman–Crippen LogP) is 0.653. The Bertz CT molecular complexity index is 647. The van der Waals surface area contributed by atoms with Crippen molar-refractivity contribution in [1.82, 2.24) is 5.32 Å². The molecular formula is C17H31NO10S. The second-order valence-electron chi connectivity index (χ2n) is 7.01. The van der Waals surface area contributed by atoms with Crippen molar-refractivity contribution >= 4 is 28.1 Å². The van der Waals surface area contributed by atoms with Crippen LogP contribution in [0.2, 0.25) is 0 Å². The summed E-state index contributed by atoms with van der Waals surface area (Å²) < 4.78 is 39.2. The van der Waals surface area contributed by atoms with Gasteiger partial charge in [-0.15, -0.1) is 0 Å². The van der Waals surface area contributed by atoms with Gasteiger partial charge in [-0.3, -0.25) is 8.98 Å². The van der Waals surface area contributed by atoms with E-state index in [-0.39, 0.29) is 25.5 Å². The molecule has 1 unspecified atom stereocenters. The number of carbonyl (C=O) groups excluding carboxylic acids is 2.